The van der Waals surface area contributed by atoms with Gasteiger partial charge in [0.25, 0.3) is 5.91 Å². The van der Waals surface area contributed by atoms with Crippen molar-refractivity contribution in [3.05, 3.63) is 53.9 Å². The van der Waals surface area contributed by atoms with E-state index in [1.165, 1.54) is 0 Å². The van der Waals surface area contributed by atoms with E-state index in [1.807, 2.05) is 5.32 Å². The third-order valence-electron chi connectivity index (χ3n) is 4.60. The summed E-state index contributed by atoms with van der Waals surface area (Å²) in [6.45, 7) is -1.13. The van der Waals surface area contributed by atoms with Crippen LogP contribution in [0.4, 0.5) is 13.2 Å². The van der Waals surface area contributed by atoms with Gasteiger partial charge >= 0.3 is 12.4 Å². The second-order valence-electron chi connectivity index (χ2n) is 7.00. The van der Waals surface area contributed by atoms with E-state index in [0.717, 1.165) is 0 Å². The summed E-state index contributed by atoms with van der Waals surface area (Å²) >= 11 is 1.03. The maximum absolute atomic E-state index is 13.7. The first-order chi connectivity index (χ1) is 16.2. The third kappa shape index (κ3) is 8.78. The van der Waals surface area contributed by atoms with Crippen LogP contribution in [0.2, 0.25) is 0 Å². The van der Waals surface area contributed by atoms with Gasteiger partial charge in [-0.15, -0.1) is 0 Å². The van der Waals surface area contributed by atoms with Gasteiger partial charge in [-0.3, -0.25) is 19.1 Å². The molecule has 0 spiro atoms. The number of carbonyl (C=O) groups is 2. The van der Waals surface area contributed by atoms with Crippen molar-refractivity contribution in [2.24, 2.45) is 0 Å². The number of pyridine rings is 1. The van der Waals surface area contributed by atoms with Crippen LogP contribution in [0.25, 0.3) is 11.1 Å². The zero-order valence-electron chi connectivity index (χ0n) is 17.8. The molecular formula is C21H23BrF3N3O5S. The van der Waals surface area contributed by atoms with E-state index < -0.39 is 48.4 Å². The van der Waals surface area contributed by atoms with E-state index in [1.54, 1.807) is 42.6 Å². The van der Waals surface area contributed by atoms with E-state index in [0.29, 0.717) is 34.1 Å². The van der Waals surface area contributed by atoms with Gasteiger partial charge in [-0.05, 0) is 23.6 Å². The number of nitrogens with one attached hydrogen (secondary N) is 2. The number of benzene rings is 1. The quantitative estimate of drug-likeness (QED) is 0.194. The Morgan fingerprint density at radius 2 is 1.82 bits per heavy atom. The predicted molar refractivity (Wildman–Crippen MR) is 123 cm³/mol. The molecule has 2 aromatic rings. The summed E-state index contributed by atoms with van der Waals surface area (Å²) in [6, 6.07) is 8.29. The lowest BCUT2D eigenvalue weighted by Crippen LogP contribution is -2.44. The second-order valence-corrected chi connectivity index (χ2v) is 8.58. The first kappa shape index (κ1) is 27.9. The van der Waals surface area contributed by atoms with Crippen molar-refractivity contribution in [1.29, 1.82) is 0 Å². The second kappa shape index (κ2) is 14.1. The first-order valence-electron chi connectivity index (χ1n) is 10.0. The average molecular weight is 566 g/mol. The smallest absolute Gasteiger partial charge is 0.315 e. The molecule has 1 aromatic heterocycles. The monoisotopic (exact) mass is 565 g/mol. The van der Waals surface area contributed by atoms with Crippen molar-refractivity contribution < 1.29 is 36.3 Å². The Bertz CT molecular complexity index is 967. The molecule has 0 radical (unpaired) electrons. The van der Waals surface area contributed by atoms with Crippen LogP contribution in [0.15, 0.2) is 42.6 Å². The minimum atomic E-state index is -3.34. The average Bonchev–Trinajstić information content (AvgIpc) is 2.83. The number of rotatable bonds is 13. The van der Waals surface area contributed by atoms with Gasteiger partial charge in [0.05, 0.1) is 18.3 Å². The first-order valence-corrected chi connectivity index (χ1v) is 12.3. The summed E-state index contributed by atoms with van der Waals surface area (Å²) < 4.78 is 66.2. The SMILES string of the molecule is O=C(CCCBr)OC(c1ccc(-c2ccc(CNS(=O)O)nc2)cc1)C(CF)NC(=O)C(F)F. The molecule has 0 saturated heterocycles. The molecule has 0 fully saturated rings. The van der Waals surface area contributed by atoms with Crippen LogP contribution in [-0.2, 0) is 32.1 Å². The van der Waals surface area contributed by atoms with Crippen molar-refractivity contribution in [1.82, 2.24) is 15.0 Å². The van der Waals surface area contributed by atoms with Gasteiger partial charge in [-0.2, -0.15) is 8.78 Å². The van der Waals surface area contributed by atoms with Gasteiger partial charge in [0.1, 0.15) is 12.8 Å². The molecule has 3 N–H and O–H groups in total. The van der Waals surface area contributed by atoms with Crippen molar-refractivity contribution in [3.8, 4) is 11.1 Å². The molecule has 3 atom stereocenters. The summed E-state index contributed by atoms with van der Waals surface area (Å²) in [4.78, 5) is 27.8. The van der Waals surface area contributed by atoms with Crippen molar-refractivity contribution in [2.75, 3.05) is 12.0 Å². The fourth-order valence-corrected chi connectivity index (χ4v) is 3.49. The molecule has 0 aliphatic heterocycles. The standard InChI is InChI=1S/C21H23BrF3N3O5S/c22-9-1-2-18(29)33-19(17(10-23)28-21(30)20(24)25)14-5-3-13(4-6-14)15-7-8-16(26-11-15)12-27-34(31)32/h3-8,11,17,19-20,27H,1-2,9-10,12H2,(H,28,30)(H,31,32). The molecule has 0 saturated carbocycles. The fraction of sp³-hybridized carbons (Fsp3) is 0.381. The minimum Gasteiger partial charge on any atom is -0.455 e. The fourth-order valence-electron chi connectivity index (χ4n) is 2.94. The Labute approximate surface area is 205 Å². The Kier molecular flexibility index (Phi) is 11.6. The highest BCUT2D eigenvalue weighted by Gasteiger charge is 2.31. The van der Waals surface area contributed by atoms with Crippen molar-refractivity contribution >= 4 is 39.1 Å². The largest absolute Gasteiger partial charge is 0.455 e. The number of alkyl halides is 4. The molecule has 186 valence electrons. The summed E-state index contributed by atoms with van der Waals surface area (Å²) in [5.74, 6) is -2.32. The summed E-state index contributed by atoms with van der Waals surface area (Å²) in [5.41, 5.74) is 2.27. The molecule has 34 heavy (non-hydrogen) atoms. The van der Waals surface area contributed by atoms with Crippen LogP contribution < -0.4 is 10.0 Å². The maximum Gasteiger partial charge on any atom is 0.315 e. The highest BCUT2D eigenvalue weighted by Crippen LogP contribution is 2.27. The van der Waals surface area contributed by atoms with E-state index in [4.69, 9.17) is 9.29 Å². The van der Waals surface area contributed by atoms with Crippen LogP contribution in [0.3, 0.4) is 0 Å². The summed E-state index contributed by atoms with van der Waals surface area (Å²) in [7, 11) is 0. The number of hydrogen-bond acceptors (Lipinski definition) is 5. The highest BCUT2D eigenvalue weighted by molar-refractivity contribution is 9.09. The molecule has 0 bridgehead atoms. The Balaban J connectivity index is 2.23. The van der Waals surface area contributed by atoms with Gasteiger partial charge in [0.2, 0.25) is 11.3 Å². The van der Waals surface area contributed by atoms with E-state index in [-0.39, 0.29) is 13.0 Å². The molecule has 3 unspecified atom stereocenters. The van der Waals surface area contributed by atoms with Crippen molar-refractivity contribution in [3.63, 3.8) is 0 Å². The number of nitrogens with zero attached hydrogens (tertiary/aromatic N) is 1. The Morgan fingerprint density at radius 1 is 1.15 bits per heavy atom. The number of esters is 1. The van der Waals surface area contributed by atoms with Crippen molar-refractivity contribution in [2.45, 2.75) is 38.0 Å². The van der Waals surface area contributed by atoms with Gasteiger partial charge in [0, 0.05) is 23.5 Å². The summed E-state index contributed by atoms with van der Waals surface area (Å²) in [6.07, 6.45) is -2.61. The maximum atomic E-state index is 13.7. The molecule has 1 amide bonds. The number of hydrogen-bond donors (Lipinski definition) is 3. The molecule has 1 heterocycles. The molecule has 0 aliphatic carbocycles. The summed E-state index contributed by atoms with van der Waals surface area (Å²) in [5, 5.41) is 2.43. The molecular weight excluding hydrogens is 543 g/mol. The minimum absolute atomic E-state index is 0.0262. The zero-order valence-corrected chi connectivity index (χ0v) is 20.2. The molecule has 1 aromatic carbocycles. The number of aromatic nitrogens is 1. The van der Waals surface area contributed by atoms with Crippen LogP contribution in [-0.4, -0.2) is 50.1 Å². The van der Waals surface area contributed by atoms with Gasteiger partial charge in [-0.1, -0.05) is 46.3 Å². The number of ether oxygens (including phenoxy) is 1. The van der Waals surface area contributed by atoms with Crippen LogP contribution in [0.5, 0.6) is 0 Å². The molecule has 8 nitrogen and oxygen atoms in total. The zero-order chi connectivity index (χ0) is 25.1. The topological polar surface area (TPSA) is 118 Å². The number of amides is 1. The highest BCUT2D eigenvalue weighted by atomic mass is 79.9. The Hall–Kier alpha value is -2.35. The van der Waals surface area contributed by atoms with Crippen LogP contribution in [0, 0.1) is 0 Å². The van der Waals surface area contributed by atoms with Gasteiger partial charge in [-0.25, -0.2) is 13.3 Å². The van der Waals surface area contributed by atoms with Gasteiger partial charge < -0.3 is 10.1 Å². The third-order valence-corrected chi connectivity index (χ3v) is 5.56. The Morgan fingerprint density at radius 3 is 2.35 bits per heavy atom. The lowest BCUT2D eigenvalue weighted by atomic mass is 9.99. The number of halogens is 4. The van der Waals surface area contributed by atoms with Crippen LogP contribution >= 0.6 is 15.9 Å². The normalized spacial score (nSPS) is 13.8. The molecule has 0 aliphatic rings. The molecule has 2 rings (SSSR count). The molecule has 13 heteroatoms. The lowest BCUT2D eigenvalue weighted by molar-refractivity contribution is -0.153. The van der Waals surface area contributed by atoms with Gasteiger partial charge in [0.15, 0.2) is 0 Å². The lowest BCUT2D eigenvalue weighted by Gasteiger charge is -2.26. The van der Waals surface area contributed by atoms with Crippen LogP contribution in [0.1, 0.15) is 30.2 Å². The predicted octanol–water partition coefficient (Wildman–Crippen LogP) is 3.45. The van der Waals surface area contributed by atoms with E-state index in [2.05, 4.69) is 25.6 Å². The van der Waals surface area contributed by atoms with E-state index >= 15 is 0 Å². The number of carbonyl (C=O) groups excluding carboxylic acids is 2. The van der Waals surface area contributed by atoms with E-state index in [9.17, 15) is 27.0 Å².